The lowest BCUT2D eigenvalue weighted by Crippen LogP contribution is -2.14. The normalized spacial score (nSPS) is 10.5. The van der Waals surface area contributed by atoms with Gasteiger partial charge in [0.2, 0.25) is 11.0 Å². The van der Waals surface area contributed by atoms with Crippen LogP contribution < -0.4 is 14.8 Å². The Hall–Kier alpha value is -2.15. The summed E-state index contributed by atoms with van der Waals surface area (Å²) < 4.78 is 10.5. The average molecular weight is 349 g/mol. The van der Waals surface area contributed by atoms with E-state index < -0.39 is 0 Å². The molecule has 0 atom stereocenters. The van der Waals surface area contributed by atoms with Crippen LogP contribution in [0, 0.1) is 0 Å². The number of methoxy groups -OCH3 is 2. The first-order chi connectivity index (χ1) is 11.7. The Morgan fingerprint density at radius 2 is 2.04 bits per heavy atom. The molecule has 1 amide bonds. The van der Waals surface area contributed by atoms with E-state index in [-0.39, 0.29) is 12.3 Å². The Bertz CT molecular complexity index is 673. The van der Waals surface area contributed by atoms with Crippen molar-refractivity contribution >= 4 is 22.4 Å². The minimum Gasteiger partial charge on any atom is -0.497 e. The fraction of sp³-hybridized carbons (Fsp3) is 0.471. The van der Waals surface area contributed by atoms with Crippen LogP contribution in [0.2, 0.25) is 0 Å². The number of unbranched alkanes of at least 4 members (excludes halogenated alkanes) is 2. The number of hydrogen-bond acceptors (Lipinski definition) is 6. The van der Waals surface area contributed by atoms with Gasteiger partial charge >= 0.3 is 0 Å². The molecule has 0 fully saturated rings. The van der Waals surface area contributed by atoms with Gasteiger partial charge in [0.25, 0.3) is 0 Å². The van der Waals surface area contributed by atoms with E-state index in [0.29, 0.717) is 16.6 Å². The van der Waals surface area contributed by atoms with Crippen LogP contribution in [0.1, 0.15) is 36.8 Å². The van der Waals surface area contributed by atoms with Crippen molar-refractivity contribution in [2.45, 2.75) is 39.0 Å². The van der Waals surface area contributed by atoms with Gasteiger partial charge in [0, 0.05) is 12.0 Å². The van der Waals surface area contributed by atoms with Crippen LogP contribution in [0.15, 0.2) is 18.2 Å². The zero-order valence-electron chi connectivity index (χ0n) is 14.3. The third-order valence-electron chi connectivity index (χ3n) is 3.55. The second-order valence-electron chi connectivity index (χ2n) is 5.36. The minimum absolute atomic E-state index is 0.155. The summed E-state index contributed by atoms with van der Waals surface area (Å²) in [6.07, 6.45) is 4.54. The van der Waals surface area contributed by atoms with Crippen LogP contribution in [-0.4, -0.2) is 30.3 Å². The molecule has 1 N–H and O–H groups in total. The molecule has 1 aromatic carbocycles. The first-order valence-electron chi connectivity index (χ1n) is 7.99. The maximum atomic E-state index is 12.3. The van der Waals surface area contributed by atoms with Crippen molar-refractivity contribution in [3.05, 3.63) is 28.8 Å². The van der Waals surface area contributed by atoms with Crippen LogP contribution in [0.5, 0.6) is 11.5 Å². The first-order valence-corrected chi connectivity index (χ1v) is 8.81. The van der Waals surface area contributed by atoms with Crippen molar-refractivity contribution in [3.63, 3.8) is 0 Å². The summed E-state index contributed by atoms with van der Waals surface area (Å²) >= 11 is 1.43. The largest absolute Gasteiger partial charge is 0.497 e. The van der Waals surface area contributed by atoms with Gasteiger partial charge in [-0.2, -0.15) is 0 Å². The zero-order valence-corrected chi connectivity index (χ0v) is 15.1. The van der Waals surface area contributed by atoms with Crippen molar-refractivity contribution < 1.29 is 14.3 Å². The third-order valence-corrected chi connectivity index (χ3v) is 4.44. The Labute approximate surface area is 146 Å². The molecule has 0 bridgehead atoms. The first kappa shape index (κ1) is 18.2. The van der Waals surface area contributed by atoms with Gasteiger partial charge in [0.05, 0.1) is 20.6 Å². The van der Waals surface area contributed by atoms with Crippen molar-refractivity contribution in [2.24, 2.45) is 0 Å². The number of benzene rings is 1. The molecule has 0 saturated carbocycles. The average Bonchev–Trinajstić information content (AvgIpc) is 3.02. The second kappa shape index (κ2) is 9.22. The predicted octanol–water partition coefficient (Wildman–Crippen LogP) is 3.47. The van der Waals surface area contributed by atoms with E-state index >= 15 is 0 Å². The van der Waals surface area contributed by atoms with Crippen LogP contribution in [0.4, 0.5) is 5.13 Å². The summed E-state index contributed by atoms with van der Waals surface area (Å²) in [7, 11) is 3.17. The monoisotopic (exact) mass is 349 g/mol. The summed E-state index contributed by atoms with van der Waals surface area (Å²) in [4.78, 5) is 12.3. The van der Waals surface area contributed by atoms with Gasteiger partial charge in [0.15, 0.2) is 0 Å². The van der Waals surface area contributed by atoms with E-state index in [0.717, 1.165) is 23.4 Å². The molecule has 130 valence electrons. The molecule has 2 aromatic rings. The van der Waals surface area contributed by atoms with Gasteiger partial charge in [-0.3, -0.25) is 4.79 Å². The van der Waals surface area contributed by atoms with Crippen LogP contribution in [0.3, 0.4) is 0 Å². The number of amides is 1. The van der Waals surface area contributed by atoms with E-state index in [2.05, 4.69) is 22.4 Å². The molecular formula is C17H23N3O3S. The molecule has 0 radical (unpaired) electrons. The summed E-state index contributed by atoms with van der Waals surface area (Å²) in [6, 6.07) is 5.39. The highest BCUT2D eigenvalue weighted by Gasteiger charge is 2.13. The maximum Gasteiger partial charge on any atom is 0.230 e. The summed E-state index contributed by atoms with van der Waals surface area (Å²) in [5, 5.41) is 12.4. The van der Waals surface area contributed by atoms with Crippen LogP contribution >= 0.6 is 11.3 Å². The molecule has 6 nitrogen and oxygen atoms in total. The number of aryl methyl sites for hydroxylation is 1. The number of nitrogens with one attached hydrogen (secondary N) is 1. The lowest BCUT2D eigenvalue weighted by atomic mass is 10.1. The second-order valence-corrected chi connectivity index (χ2v) is 6.42. The molecular weight excluding hydrogens is 326 g/mol. The molecule has 24 heavy (non-hydrogen) atoms. The van der Waals surface area contributed by atoms with Crippen LogP contribution in [-0.2, 0) is 17.6 Å². The molecule has 0 aliphatic rings. The fourth-order valence-electron chi connectivity index (χ4n) is 2.29. The number of nitrogens with zero attached hydrogens (tertiary/aromatic N) is 2. The molecule has 0 aliphatic carbocycles. The lowest BCUT2D eigenvalue weighted by molar-refractivity contribution is -0.115. The Morgan fingerprint density at radius 3 is 2.75 bits per heavy atom. The Morgan fingerprint density at radius 1 is 1.21 bits per heavy atom. The number of rotatable bonds is 9. The molecule has 0 unspecified atom stereocenters. The number of aromatic nitrogens is 2. The maximum absolute atomic E-state index is 12.3. The fourth-order valence-corrected chi connectivity index (χ4v) is 3.09. The SMILES string of the molecule is CCCCCc1nnc(NC(=O)Cc2cc(OC)ccc2OC)s1. The van der Waals surface area contributed by atoms with Crippen molar-refractivity contribution in [1.29, 1.82) is 0 Å². The van der Waals surface area contributed by atoms with Crippen molar-refractivity contribution in [3.8, 4) is 11.5 Å². The molecule has 2 rings (SSSR count). The topological polar surface area (TPSA) is 73.3 Å². The highest BCUT2D eigenvalue weighted by molar-refractivity contribution is 7.15. The van der Waals surface area contributed by atoms with E-state index in [1.165, 1.54) is 24.2 Å². The Balaban J connectivity index is 1.96. The quantitative estimate of drug-likeness (QED) is 0.702. The van der Waals surface area contributed by atoms with E-state index in [1.54, 1.807) is 32.4 Å². The van der Waals surface area contributed by atoms with Crippen molar-refractivity contribution in [2.75, 3.05) is 19.5 Å². The van der Waals surface area contributed by atoms with Crippen LogP contribution in [0.25, 0.3) is 0 Å². The summed E-state index contributed by atoms with van der Waals surface area (Å²) in [6.45, 7) is 2.17. The predicted molar refractivity (Wildman–Crippen MR) is 95.0 cm³/mol. The minimum atomic E-state index is -0.155. The summed E-state index contributed by atoms with van der Waals surface area (Å²) in [5.41, 5.74) is 0.766. The number of ether oxygens (including phenoxy) is 2. The smallest absolute Gasteiger partial charge is 0.230 e. The molecule has 0 saturated heterocycles. The van der Waals surface area contributed by atoms with Crippen molar-refractivity contribution in [1.82, 2.24) is 10.2 Å². The van der Waals surface area contributed by atoms with Gasteiger partial charge < -0.3 is 14.8 Å². The molecule has 0 aliphatic heterocycles. The lowest BCUT2D eigenvalue weighted by Gasteiger charge is -2.09. The standard InChI is InChI=1S/C17H23N3O3S/c1-4-5-6-7-16-19-20-17(24-16)18-15(21)11-12-10-13(22-2)8-9-14(12)23-3/h8-10H,4-7,11H2,1-3H3,(H,18,20,21). The van der Waals surface area contributed by atoms with E-state index in [9.17, 15) is 4.79 Å². The summed E-state index contributed by atoms with van der Waals surface area (Å²) in [5.74, 6) is 1.19. The van der Waals surface area contributed by atoms with E-state index in [4.69, 9.17) is 9.47 Å². The van der Waals surface area contributed by atoms with Gasteiger partial charge in [-0.1, -0.05) is 31.1 Å². The highest BCUT2D eigenvalue weighted by atomic mass is 32.1. The Kier molecular flexibility index (Phi) is 6.99. The van der Waals surface area contributed by atoms with Gasteiger partial charge in [0.1, 0.15) is 16.5 Å². The molecule has 1 aromatic heterocycles. The number of anilines is 1. The highest BCUT2D eigenvalue weighted by Crippen LogP contribution is 2.25. The van der Waals surface area contributed by atoms with Gasteiger partial charge in [-0.05, 0) is 24.6 Å². The zero-order chi connectivity index (χ0) is 17.4. The van der Waals surface area contributed by atoms with Gasteiger partial charge in [-0.15, -0.1) is 10.2 Å². The molecule has 1 heterocycles. The number of hydrogen-bond donors (Lipinski definition) is 1. The molecule has 0 spiro atoms. The number of carbonyl (C=O) groups excluding carboxylic acids is 1. The third kappa shape index (κ3) is 5.19. The van der Waals surface area contributed by atoms with Gasteiger partial charge in [-0.25, -0.2) is 0 Å². The van der Waals surface area contributed by atoms with E-state index in [1.807, 2.05) is 0 Å². The molecule has 7 heteroatoms. The number of carbonyl (C=O) groups is 1.